The van der Waals surface area contributed by atoms with Crippen LogP contribution in [0, 0.1) is 0 Å². The summed E-state index contributed by atoms with van der Waals surface area (Å²) in [5.74, 6) is -2.36. The molecular weight excluding hydrogens is 1080 g/mol. The van der Waals surface area contributed by atoms with Crippen LogP contribution in [0.1, 0.15) is 258 Å². The van der Waals surface area contributed by atoms with Gasteiger partial charge >= 0.3 is 11.9 Å². The first kappa shape index (κ1) is 81.9. The van der Waals surface area contributed by atoms with Gasteiger partial charge in [0.25, 0.3) is 0 Å². The molecule has 2 atom stereocenters. The molecule has 0 bridgehead atoms. The number of esters is 2. The molecule has 0 heterocycles. The first-order valence-electron chi connectivity index (χ1n) is 34.6. The smallest absolute Gasteiger partial charge is 0.306 e. The van der Waals surface area contributed by atoms with Crippen LogP contribution in [-0.2, 0) is 33.3 Å². The van der Waals surface area contributed by atoms with E-state index in [1.54, 1.807) is 0 Å². The van der Waals surface area contributed by atoms with Gasteiger partial charge in [0.2, 0.25) is 0 Å². The van der Waals surface area contributed by atoms with E-state index in [4.69, 9.17) is 18.9 Å². The van der Waals surface area contributed by atoms with E-state index in [2.05, 4.69) is 172 Å². The third-order valence-electron chi connectivity index (χ3n) is 14.3. The lowest BCUT2D eigenvalue weighted by Crippen LogP contribution is -2.44. The Bertz CT molecular complexity index is 1990. The molecule has 0 aromatic rings. The van der Waals surface area contributed by atoms with Gasteiger partial charge in [-0.3, -0.25) is 9.59 Å². The highest BCUT2D eigenvalue weighted by molar-refractivity contribution is 5.70. The Kier molecular flexibility index (Phi) is 62.9. The molecule has 0 saturated carbocycles. The minimum Gasteiger partial charge on any atom is -0.545 e. The molecule has 492 valence electrons. The highest BCUT2D eigenvalue weighted by Crippen LogP contribution is 2.15. The van der Waals surface area contributed by atoms with E-state index >= 15 is 0 Å². The van der Waals surface area contributed by atoms with Gasteiger partial charge in [0.1, 0.15) is 13.2 Å². The van der Waals surface area contributed by atoms with Crippen LogP contribution in [0.25, 0.3) is 0 Å². The number of hydrogen-bond acceptors (Lipinski definition) is 8. The summed E-state index contributed by atoms with van der Waals surface area (Å²) in [6, 6.07) is 0. The van der Waals surface area contributed by atoms with Gasteiger partial charge in [-0.25, -0.2) is 0 Å². The van der Waals surface area contributed by atoms with Gasteiger partial charge in [-0.15, -0.1) is 0 Å². The van der Waals surface area contributed by atoms with E-state index < -0.39 is 24.3 Å². The Morgan fingerprint density at radius 2 is 0.655 bits per heavy atom. The highest BCUT2D eigenvalue weighted by Gasteiger charge is 2.22. The molecule has 0 aliphatic heterocycles. The predicted molar refractivity (Wildman–Crippen MR) is 370 cm³/mol. The number of nitrogens with zero attached hydrogens (tertiary/aromatic N) is 1. The molecule has 0 aliphatic carbocycles. The normalized spacial score (nSPS) is 13.7. The zero-order valence-electron chi connectivity index (χ0n) is 56.1. The van der Waals surface area contributed by atoms with Gasteiger partial charge in [-0.1, -0.05) is 275 Å². The number of quaternary nitrogens is 1. The first-order valence-corrected chi connectivity index (χ1v) is 34.6. The largest absolute Gasteiger partial charge is 0.545 e. The number of carbonyl (C=O) groups is 3. The zero-order chi connectivity index (χ0) is 63.3. The summed E-state index contributed by atoms with van der Waals surface area (Å²) >= 11 is 0. The number of hydrogen-bond donors (Lipinski definition) is 0. The summed E-state index contributed by atoms with van der Waals surface area (Å²) in [4.78, 5) is 37.4. The van der Waals surface area contributed by atoms with E-state index in [-0.39, 0.29) is 38.6 Å². The maximum Gasteiger partial charge on any atom is 0.306 e. The van der Waals surface area contributed by atoms with Crippen molar-refractivity contribution < 1.29 is 42.9 Å². The Morgan fingerprint density at radius 3 is 1.01 bits per heavy atom. The van der Waals surface area contributed by atoms with Crippen molar-refractivity contribution in [3.05, 3.63) is 158 Å². The average Bonchev–Trinajstić information content (AvgIpc) is 3.55. The predicted octanol–water partition coefficient (Wildman–Crippen LogP) is 20.4. The van der Waals surface area contributed by atoms with Crippen LogP contribution < -0.4 is 5.11 Å². The maximum atomic E-state index is 12.9. The van der Waals surface area contributed by atoms with Crippen LogP contribution in [0.2, 0.25) is 0 Å². The molecule has 0 radical (unpaired) electrons. The summed E-state index contributed by atoms with van der Waals surface area (Å²) in [6.07, 6.45) is 96.1. The standard InChI is InChI=1S/C78H127NO8/c1-6-8-10-12-14-16-18-20-22-24-26-28-30-31-32-33-34-35-36-37-38-39-40-41-42-43-44-45-47-49-51-53-55-57-59-61-63-65-67-69-76(81)87-74(73-86-78(77(82)83)84-71-70-79(3,4)5)72-85-75(80)68-66-64-62-60-58-56-54-52-50-48-46-29-27-25-23-21-19-17-15-13-11-9-7-2/h8,10,14,16,20,22,25-28,31-32,34-35,37-38,40-41,43-44,47,49,53,55,59,61,74,78H,6-7,9,11-13,15,17-19,21,23-24,29-30,33,36,39,42,45-46,48,50-52,54,56-58,60,62-73H2,1-5H3/b10-8-,16-14-,22-20-,27-25-,28-26-,32-31-,35-34-,38-37-,41-40-,44-43-,49-47-,55-53-,61-59-. The lowest BCUT2D eigenvalue weighted by atomic mass is 10.0. The summed E-state index contributed by atoms with van der Waals surface area (Å²) in [6.45, 7) is 4.58. The molecule has 0 amide bonds. The van der Waals surface area contributed by atoms with Crippen LogP contribution in [-0.4, -0.2) is 82.3 Å². The SMILES string of the molecule is CC/C=C\C/C=C\C/C=C\C/C=C\C/C=C\C/C=C\C/C=C\C/C=C\C/C=C\C/C=C\C/C=C\C/C=C\CCCCC(=O)OC(COC(=O)CCCCCCCCCCCCC/C=C\CCCCCCCCCC)COC(OCC[N+](C)(C)C)C(=O)[O-]. The van der Waals surface area contributed by atoms with E-state index in [9.17, 15) is 19.5 Å². The monoisotopic (exact) mass is 1210 g/mol. The zero-order valence-corrected chi connectivity index (χ0v) is 56.1. The second-order valence-corrected chi connectivity index (χ2v) is 23.7. The minimum atomic E-state index is -1.64. The van der Waals surface area contributed by atoms with E-state index in [0.29, 0.717) is 17.4 Å². The van der Waals surface area contributed by atoms with Crippen LogP contribution in [0.3, 0.4) is 0 Å². The van der Waals surface area contributed by atoms with Crippen molar-refractivity contribution in [3.63, 3.8) is 0 Å². The molecule has 0 fully saturated rings. The molecule has 0 rings (SSSR count). The quantitative estimate of drug-likeness (QED) is 0.0195. The average molecular weight is 1210 g/mol. The molecule has 0 spiro atoms. The van der Waals surface area contributed by atoms with Crippen LogP contribution in [0.15, 0.2) is 158 Å². The molecule has 0 N–H and O–H groups in total. The van der Waals surface area contributed by atoms with Crippen LogP contribution in [0.4, 0.5) is 0 Å². The number of carboxylic acids is 1. The summed E-state index contributed by atoms with van der Waals surface area (Å²) in [5, 5.41) is 11.8. The maximum absolute atomic E-state index is 12.9. The van der Waals surface area contributed by atoms with Gasteiger partial charge in [-0.2, -0.15) is 0 Å². The van der Waals surface area contributed by atoms with Gasteiger partial charge in [0.15, 0.2) is 12.4 Å². The van der Waals surface area contributed by atoms with Crippen molar-refractivity contribution in [2.75, 3.05) is 47.5 Å². The number of ether oxygens (including phenoxy) is 4. The highest BCUT2D eigenvalue weighted by atomic mass is 16.7. The molecule has 0 aromatic carbocycles. The van der Waals surface area contributed by atoms with Crippen molar-refractivity contribution in [1.29, 1.82) is 0 Å². The lowest BCUT2D eigenvalue weighted by molar-refractivity contribution is -0.870. The van der Waals surface area contributed by atoms with Crippen molar-refractivity contribution in [2.24, 2.45) is 0 Å². The number of carboxylic acid groups (broad SMARTS) is 1. The van der Waals surface area contributed by atoms with Crippen LogP contribution in [0.5, 0.6) is 0 Å². The molecule has 0 aromatic heterocycles. The fourth-order valence-corrected chi connectivity index (χ4v) is 8.98. The Labute approximate surface area is 534 Å². The fraction of sp³-hybridized carbons (Fsp3) is 0.628. The number of carbonyl (C=O) groups excluding carboxylic acids is 3. The second kappa shape index (κ2) is 66.9. The molecule has 9 heteroatoms. The molecule has 9 nitrogen and oxygen atoms in total. The summed E-state index contributed by atoms with van der Waals surface area (Å²) in [5.41, 5.74) is 0. The third-order valence-corrected chi connectivity index (χ3v) is 14.3. The molecule has 87 heavy (non-hydrogen) atoms. The Hall–Kier alpha value is -5.09. The third kappa shape index (κ3) is 68.3. The lowest BCUT2D eigenvalue weighted by Gasteiger charge is -2.26. The summed E-state index contributed by atoms with van der Waals surface area (Å²) < 4.78 is 22.7. The van der Waals surface area contributed by atoms with Crippen molar-refractivity contribution in [2.45, 2.75) is 270 Å². The van der Waals surface area contributed by atoms with Gasteiger partial charge in [0, 0.05) is 12.8 Å². The van der Waals surface area contributed by atoms with E-state index in [1.165, 1.54) is 116 Å². The van der Waals surface area contributed by atoms with E-state index in [1.807, 2.05) is 21.1 Å². The van der Waals surface area contributed by atoms with Gasteiger partial charge in [-0.05, 0) is 128 Å². The minimum absolute atomic E-state index is 0.131. The molecule has 2 unspecified atom stereocenters. The van der Waals surface area contributed by atoms with Crippen molar-refractivity contribution in [3.8, 4) is 0 Å². The molecule has 0 aliphatic rings. The summed E-state index contributed by atoms with van der Waals surface area (Å²) in [7, 11) is 5.90. The van der Waals surface area contributed by atoms with Gasteiger partial charge in [0.05, 0.1) is 40.3 Å². The number of aliphatic carboxylic acids is 1. The van der Waals surface area contributed by atoms with E-state index in [0.717, 1.165) is 109 Å². The molecule has 0 saturated heterocycles. The Morgan fingerprint density at radius 1 is 0.356 bits per heavy atom. The van der Waals surface area contributed by atoms with Crippen molar-refractivity contribution >= 4 is 17.9 Å². The number of likely N-dealkylation sites (N-methyl/N-ethyl adjacent to an activating group) is 1. The number of unbranched alkanes of at least 4 members (excludes halogenated alkanes) is 21. The fourth-order valence-electron chi connectivity index (χ4n) is 8.98. The Balaban J connectivity index is 4.28. The van der Waals surface area contributed by atoms with Gasteiger partial charge < -0.3 is 33.3 Å². The van der Waals surface area contributed by atoms with Crippen LogP contribution >= 0.6 is 0 Å². The number of allylic oxidation sites excluding steroid dienone is 26. The van der Waals surface area contributed by atoms with Crippen molar-refractivity contribution in [1.82, 2.24) is 0 Å². The number of rotatable bonds is 62. The second-order valence-electron chi connectivity index (χ2n) is 23.7. The molecular formula is C78H127NO8. The topological polar surface area (TPSA) is 111 Å². The first-order chi connectivity index (χ1) is 42.6.